The van der Waals surface area contributed by atoms with Crippen molar-refractivity contribution < 1.29 is 4.74 Å². The number of thioether (sulfide) groups is 1. The van der Waals surface area contributed by atoms with Gasteiger partial charge in [0.15, 0.2) is 0 Å². The van der Waals surface area contributed by atoms with Gasteiger partial charge in [0.1, 0.15) is 5.75 Å². The van der Waals surface area contributed by atoms with Crippen molar-refractivity contribution in [2.45, 2.75) is 37.0 Å². The van der Waals surface area contributed by atoms with Crippen LogP contribution in [0.3, 0.4) is 0 Å². The molecule has 0 bridgehead atoms. The molecule has 0 N–H and O–H groups in total. The topological polar surface area (TPSA) is 9.23 Å². The molecule has 2 rings (SSSR count). The molecule has 1 aliphatic carbocycles. The van der Waals surface area contributed by atoms with Crippen LogP contribution in [0.2, 0.25) is 0 Å². The van der Waals surface area contributed by atoms with E-state index < -0.39 is 0 Å². The summed E-state index contributed by atoms with van der Waals surface area (Å²) in [6, 6.07) is 8.13. The van der Waals surface area contributed by atoms with Crippen molar-refractivity contribution in [3.8, 4) is 5.75 Å². The molecule has 0 amide bonds. The van der Waals surface area contributed by atoms with Crippen LogP contribution in [-0.4, -0.2) is 7.11 Å². The molecule has 0 aliphatic heterocycles. The van der Waals surface area contributed by atoms with Crippen LogP contribution < -0.4 is 4.74 Å². The van der Waals surface area contributed by atoms with E-state index in [2.05, 4.69) is 23.3 Å². The molecule has 0 radical (unpaired) electrons. The van der Waals surface area contributed by atoms with Gasteiger partial charge in [-0.3, -0.25) is 0 Å². The third-order valence-electron chi connectivity index (χ3n) is 2.97. The zero-order valence-corrected chi connectivity index (χ0v) is 11.1. The smallest absolute Gasteiger partial charge is 0.118 e. The van der Waals surface area contributed by atoms with E-state index in [0.29, 0.717) is 0 Å². The Bertz CT molecular complexity index is 405. The maximum atomic E-state index is 5.13. The van der Waals surface area contributed by atoms with Gasteiger partial charge in [0, 0.05) is 10.3 Å². The minimum atomic E-state index is 0.906. The standard InChI is InChI=1S/C15H18OS/c1-16-14-7-9-15(10-8-14)17-12-11-13-5-3-2-4-6-13/h7-10,12H,2-6H2,1H3. The largest absolute Gasteiger partial charge is 0.497 e. The Morgan fingerprint density at radius 3 is 2.47 bits per heavy atom. The Hall–Kier alpha value is -1.11. The Kier molecular flexibility index (Phi) is 4.78. The van der Waals surface area contributed by atoms with Crippen LogP contribution >= 0.6 is 11.8 Å². The molecule has 0 atom stereocenters. The van der Waals surface area contributed by atoms with E-state index in [1.165, 1.54) is 42.6 Å². The number of hydrogen-bond donors (Lipinski definition) is 0. The predicted octanol–water partition coefficient (Wildman–Crippen LogP) is 4.79. The van der Waals surface area contributed by atoms with Gasteiger partial charge in [-0.25, -0.2) is 0 Å². The number of benzene rings is 1. The number of allylic oxidation sites excluding steroid dienone is 1. The van der Waals surface area contributed by atoms with Crippen molar-refractivity contribution in [1.82, 2.24) is 0 Å². The maximum absolute atomic E-state index is 5.13. The van der Waals surface area contributed by atoms with Gasteiger partial charge in [0.2, 0.25) is 0 Å². The van der Waals surface area contributed by atoms with Crippen LogP contribution in [0, 0.1) is 0 Å². The number of methoxy groups -OCH3 is 1. The van der Waals surface area contributed by atoms with Crippen molar-refractivity contribution in [1.29, 1.82) is 0 Å². The molecule has 0 aromatic heterocycles. The highest BCUT2D eigenvalue weighted by Crippen LogP contribution is 2.24. The minimum Gasteiger partial charge on any atom is -0.497 e. The van der Waals surface area contributed by atoms with Crippen molar-refractivity contribution in [3.63, 3.8) is 0 Å². The summed E-state index contributed by atoms with van der Waals surface area (Å²) in [6.07, 6.45) is 6.53. The van der Waals surface area contributed by atoms with Gasteiger partial charge in [-0.15, -0.1) is 5.73 Å². The Labute approximate surface area is 108 Å². The molecule has 2 heteroatoms. The van der Waals surface area contributed by atoms with Gasteiger partial charge < -0.3 is 4.74 Å². The van der Waals surface area contributed by atoms with Crippen LogP contribution in [-0.2, 0) is 0 Å². The first-order valence-corrected chi connectivity index (χ1v) is 7.00. The van der Waals surface area contributed by atoms with Gasteiger partial charge >= 0.3 is 0 Å². The molecular weight excluding hydrogens is 228 g/mol. The van der Waals surface area contributed by atoms with E-state index in [9.17, 15) is 0 Å². The lowest BCUT2D eigenvalue weighted by molar-refractivity contribution is 0.414. The maximum Gasteiger partial charge on any atom is 0.118 e. The lowest BCUT2D eigenvalue weighted by Crippen LogP contribution is -1.91. The van der Waals surface area contributed by atoms with Crippen molar-refractivity contribution in [2.24, 2.45) is 0 Å². The zero-order valence-electron chi connectivity index (χ0n) is 10.2. The molecule has 1 nitrogen and oxygen atoms in total. The summed E-state index contributed by atoms with van der Waals surface area (Å²) >= 11 is 1.72. The SMILES string of the molecule is COc1ccc(SC=C=C2CCCCC2)cc1. The van der Waals surface area contributed by atoms with E-state index in [-0.39, 0.29) is 0 Å². The summed E-state index contributed by atoms with van der Waals surface area (Å²) < 4.78 is 5.13. The fraction of sp³-hybridized carbons (Fsp3) is 0.400. The second kappa shape index (κ2) is 6.58. The zero-order chi connectivity index (χ0) is 11.9. The number of hydrogen-bond acceptors (Lipinski definition) is 2. The molecule has 90 valence electrons. The highest BCUT2D eigenvalue weighted by atomic mass is 32.2. The monoisotopic (exact) mass is 246 g/mol. The van der Waals surface area contributed by atoms with E-state index in [1.807, 2.05) is 12.1 Å². The van der Waals surface area contributed by atoms with Gasteiger partial charge in [0.25, 0.3) is 0 Å². The lowest BCUT2D eigenvalue weighted by Gasteiger charge is -2.10. The molecule has 0 spiro atoms. The summed E-state index contributed by atoms with van der Waals surface area (Å²) in [7, 11) is 1.69. The van der Waals surface area contributed by atoms with Gasteiger partial charge in [-0.1, -0.05) is 18.2 Å². The molecule has 1 saturated carbocycles. The highest BCUT2D eigenvalue weighted by Gasteiger charge is 2.03. The first kappa shape index (κ1) is 12.3. The van der Waals surface area contributed by atoms with Crippen molar-refractivity contribution in [3.05, 3.63) is 41.0 Å². The third-order valence-corrected chi connectivity index (χ3v) is 3.75. The molecule has 1 fully saturated rings. The van der Waals surface area contributed by atoms with Crippen LogP contribution in [0.15, 0.2) is 45.9 Å². The van der Waals surface area contributed by atoms with Crippen LogP contribution in [0.25, 0.3) is 0 Å². The van der Waals surface area contributed by atoms with Gasteiger partial charge in [-0.05, 0) is 55.5 Å². The van der Waals surface area contributed by atoms with Crippen molar-refractivity contribution >= 4 is 11.8 Å². The minimum absolute atomic E-state index is 0.906. The summed E-state index contributed by atoms with van der Waals surface area (Å²) in [4.78, 5) is 1.23. The molecule has 0 unspecified atom stereocenters. The van der Waals surface area contributed by atoms with E-state index in [0.717, 1.165) is 5.75 Å². The molecule has 1 aromatic rings. The number of rotatable bonds is 3. The highest BCUT2D eigenvalue weighted by molar-refractivity contribution is 8.02. The van der Waals surface area contributed by atoms with Crippen molar-refractivity contribution in [2.75, 3.05) is 7.11 Å². The van der Waals surface area contributed by atoms with E-state index >= 15 is 0 Å². The van der Waals surface area contributed by atoms with Crippen LogP contribution in [0.5, 0.6) is 5.75 Å². The fourth-order valence-corrected chi connectivity index (χ4v) is 2.61. The summed E-state index contributed by atoms with van der Waals surface area (Å²) in [5.41, 5.74) is 4.91. The normalized spacial score (nSPS) is 15.2. The van der Waals surface area contributed by atoms with E-state index in [4.69, 9.17) is 4.74 Å². The second-order valence-corrected chi connectivity index (χ2v) is 5.16. The number of ether oxygens (including phenoxy) is 1. The van der Waals surface area contributed by atoms with Gasteiger partial charge in [-0.2, -0.15) is 0 Å². The molecular formula is C15H18OS. The lowest BCUT2D eigenvalue weighted by atomic mass is 9.96. The molecule has 0 saturated heterocycles. The molecule has 0 heterocycles. The average molecular weight is 246 g/mol. The quantitative estimate of drug-likeness (QED) is 0.560. The van der Waals surface area contributed by atoms with E-state index in [1.54, 1.807) is 18.9 Å². The molecule has 17 heavy (non-hydrogen) atoms. The Morgan fingerprint density at radius 1 is 1.12 bits per heavy atom. The summed E-state index contributed by atoms with van der Waals surface area (Å²) in [5.74, 6) is 0.906. The van der Waals surface area contributed by atoms with Crippen LogP contribution in [0.4, 0.5) is 0 Å². The third kappa shape index (κ3) is 3.99. The molecule has 1 aliphatic rings. The first-order valence-electron chi connectivity index (χ1n) is 6.12. The fourth-order valence-electron chi connectivity index (χ4n) is 1.96. The second-order valence-electron chi connectivity index (χ2n) is 4.22. The Balaban J connectivity index is 1.94. The summed E-state index contributed by atoms with van der Waals surface area (Å²) in [6.45, 7) is 0. The predicted molar refractivity (Wildman–Crippen MR) is 73.5 cm³/mol. The Morgan fingerprint density at radius 2 is 1.82 bits per heavy atom. The van der Waals surface area contributed by atoms with Gasteiger partial charge in [0.05, 0.1) is 7.11 Å². The summed E-state index contributed by atoms with van der Waals surface area (Å²) in [5, 5.41) is 2.09. The first-order chi connectivity index (χ1) is 8.38. The average Bonchev–Trinajstić information content (AvgIpc) is 2.41. The molecule has 1 aromatic carbocycles. The van der Waals surface area contributed by atoms with Crippen LogP contribution in [0.1, 0.15) is 32.1 Å².